The van der Waals surface area contributed by atoms with Crippen LogP contribution >= 0.6 is 0 Å². The van der Waals surface area contributed by atoms with Crippen molar-refractivity contribution in [3.8, 4) is 5.75 Å². The van der Waals surface area contributed by atoms with Crippen LogP contribution in [0.3, 0.4) is 0 Å². The molecule has 0 unspecified atom stereocenters. The summed E-state index contributed by atoms with van der Waals surface area (Å²) in [6, 6.07) is 7.88. The monoisotopic (exact) mass is 370 g/mol. The van der Waals surface area contributed by atoms with Gasteiger partial charge in [0.25, 0.3) is 0 Å². The molecule has 2 N–H and O–H groups in total. The largest absolute Gasteiger partial charge is 0.495 e. The lowest BCUT2D eigenvalue weighted by Gasteiger charge is -2.36. The number of hydrogen-bond acceptors (Lipinski definition) is 4. The molecule has 1 aromatic carbocycles. The second-order valence-electron chi connectivity index (χ2n) is 7.00. The fraction of sp³-hybridized carbons (Fsp3) is 0.476. The molecule has 1 aromatic rings. The molecule has 0 bridgehead atoms. The number of urea groups is 1. The molecular weight excluding hydrogens is 340 g/mol. The normalized spacial score (nSPS) is 17.4. The predicted molar refractivity (Wildman–Crippen MR) is 109 cm³/mol. The minimum absolute atomic E-state index is 0.0203. The molecule has 1 aliphatic heterocycles. The van der Waals surface area contributed by atoms with Gasteiger partial charge < -0.3 is 20.3 Å². The van der Waals surface area contributed by atoms with Crippen molar-refractivity contribution in [2.45, 2.75) is 18.9 Å². The Bertz CT molecular complexity index is 669. The third-order valence-electron chi connectivity index (χ3n) is 5.29. The number of nitrogens with two attached hydrogens (primary N) is 1. The first-order chi connectivity index (χ1) is 13.2. The highest BCUT2D eigenvalue weighted by atomic mass is 16.5. The number of carbonyl (C=O) groups excluding carboxylic acids is 1. The van der Waals surface area contributed by atoms with Crippen molar-refractivity contribution in [1.29, 1.82) is 0 Å². The zero-order valence-corrected chi connectivity index (χ0v) is 16.1. The van der Waals surface area contributed by atoms with Crippen LogP contribution in [0.15, 0.2) is 48.6 Å². The number of rotatable bonds is 8. The molecule has 0 spiro atoms. The van der Waals surface area contributed by atoms with Gasteiger partial charge in [0.1, 0.15) is 5.75 Å². The van der Waals surface area contributed by atoms with Gasteiger partial charge >= 0.3 is 6.03 Å². The highest BCUT2D eigenvalue weighted by molar-refractivity contribution is 5.73. The molecule has 0 atom stereocenters. The van der Waals surface area contributed by atoms with Crippen LogP contribution in [0.4, 0.5) is 10.5 Å². The summed E-state index contributed by atoms with van der Waals surface area (Å²) in [5.41, 5.74) is 6.70. The summed E-state index contributed by atoms with van der Waals surface area (Å²) < 4.78 is 5.48. The number of carbonyl (C=O) groups is 1. The average molecular weight is 370 g/mol. The van der Waals surface area contributed by atoms with E-state index in [0.29, 0.717) is 6.54 Å². The summed E-state index contributed by atoms with van der Waals surface area (Å²) in [6.45, 7) is 5.87. The van der Waals surface area contributed by atoms with Gasteiger partial charge in [0.2, 0.25) is 0 Å². The van der Waals surface area contributed by atoms with E-state index in [9.17, 15) is 4.79 Å². The molecule has 0 saturated carbocycles. The number of unbranched alkanes of at least 4 members (excludes halogenated alkanes) is 1. The van der Waals surface area contributed by atoms with E-state index >= 15 is 0 Å². The van der Waals surface area contributed by atoms with Gasteiger partial charge in [-0.05, 0) is 31.5 Å². The molecule has 2 aliphatic rings. The van der Waals surface area contributed by atoms with Crippen LogP contribution in [-0.2, 0) is 0 Å². The van der Waals surface area contributed by atoms with E-state index in [1.165, 1.54) is 5.69 Å². The number of anilines is 1. The summed E-state index contributed by atoms with van der Waals surface area (Å²) in [5, 5.41) is 0. The SMILES string of the molecule is COc1ccccc1N1CCN(CCCCN(C(N)=O)C2C=CC=C2)CC1. The Balaban J connectivity index is 1.39. The van der Waals surface area contributed by atoms with E-state index < -0.39 is 0 Å². The molecule has 0 aromatic heterocycles. The second-order valence-corrected chi connectivity index (χ2v) is 7.00. The van der Waals surface area contributed by atoms with Gasteiger partial charge in [-0.25, -0.2) is 4.79 Å². The van der Waals surface area contributed by atoms with E-state index in [4.69, 9.17) is 10.5 Å². The van der Waals surface area contributed by atoms with Crippen molar-refractivity contribution in [1.82, 2.24) is 9.80 Å². The maximum atomic E-state index is 11.7. The zero-order chi connectivity index (χ0) is 19.1. The maximum Gasteiger partial charge on any atom is 0.315 e. The Labute approximate surface area is 161 Å². The van der Waals surface area contributed by atoms with Gasteiger partial charge in [0, 0.05) is 32.7 Å². The van der Waals surface area contributed by atoms with Crippen LogP contribution < -0.4 is 15.4 Å². The first-order valence-corrected chi connectivity index (χ1v) is 9.70. The standard InChI is InChI=1S/C21H30N4O2/c1-27-20-11-5-4-10-19(20)24-16-14-23(15-17-24)12-6-7-13-25(21(22)26)18-8-2-3-9-18/h2-5,8-11,18H,6-7,12-17H2,1H3,(H2,22,26). The summed E-state index contributed by atoms with van der Waals surface area (Å²) in [7, 11) is 1.72. The number of nitrogens with zero attached hydrogens (tertiary/aromatic N) is 3. The Hall–Kier alpha value is -2.47. The smallest absolute Gasteiger partial charge is 0.315 e. The van der Waals surface area contributed by atoms with E-state index in [2.05, 4.69) is 21.9 Å². The van der Waals surface area contributed by atoms with Crippen molar-refractivity contribution in [2.75, 3.05) is 51.3 Å². The molecule has 0 radical (unpaired) electrons. The Morgan fingerprint density at radius 2 is 1.85 bits per heavy atom. The molecule has 2 amide bonds. The van der Waals surface area contributed by atoms with Gasteiger partial charge in [-0.1, -0.05) is 36.4 Å². The van der Waals surface area contributed by atoms with Gasteiger partial charge in [-0.15, -0.1) is 0 Å². The molecule has 1 saturated heterocycles. The molecular formula is C21H30N4O2. The number of methoxy groups -OCH3 is 1. The Morgan fingerprint density at radius 1 is 1.15 bits per heavy atom. The van der Waals surface area contributed by atoms with Crippen LogP contribution in [0.1, 0.15) is 12.8 Å². The van der Waals surface area contributed by atoms with Crippen LogP contribution in [0, 0.1) is 0 Å². The molecule has 6 heteroatoms. The van der Waals surface area contributed by atoms with Crippen molar-refractivity contribution in [2.24, 2.45) is 5.73 Å². The topological polar surface area (TPSA) is 62.0 Å². The summed E-state index contributed by atoms with van der Waals surface area (Å²) >= 11 is 0. The molecule has 1 aliphatic carbocycles. The average Bonchev–Trinajstić information content (AvgIpc) is 3.22. The molecule has 27 heavy (non-hydrogen) atoms. The third kappa shape index (κ3) is 5.04. The number of allylic oxidation sites excluding steroid dienone is 2. The quantitative estimate of drug-likeness (QED) is 0.714. The lowest BCUT2D eigenvalue weighted by Crippen LogP contribution is -2.47. The van der Waals surface area contributed by atoms with E-state index in [1.54, 1.807) is 12.0 Å². The lowest BCUT2D eigenvalue weighted by molar-refractivity contribution is 0.199. The maximum absolute atomic E-state index is 11.7. The number of primary amides is 1. The number of benzene rings is 1. The Morgan fingerprint density at radius 3 is 2.52 bits per heavy atom. The molecule has 6 nitrogen and oxygen atoms in total. The van der Waals surface area contributed by atoms with Crippen LogP contribution in [0.5, 0.6) is 5.75 Å². The van der Waals surface area contributed by atoms with Crippen molar-refractivity contribution in [3.63, 3.8) is 0 Å². The number of ether oxygens (including phenoxy) is 1. The predicted octanol–water partition coefficient (Wildman–Crippen LogP) is 2.47. The van der Waals surface area contributed by atoms with Gasteiger partial charge in [-0.2, -0.15) is 0 Å². The van der Waals surface area contributed by atoms with E-state index in [0.717, 1.165) is 51.3 Å². The minimum Gasteiger partial charge on any atom is -0.495 e. The van der Waals surface area contributed by atoms with Gasteiger partial charge in [0.15, 0.2) is 0 Å². The van der Waals surface area contributed by atoms with E-state index in [1.807, 2.05) is 36.4 Å². The number of piperazine rings is 1. The summed E-state index contributed by atoms with van der Waals surface area (Å²) in [6.07, 6.45) is 9.96. The first kappa shape index (κ1) is 19.3. The zero-order valence-electron chi connectivity index (χ0n) is 16.1. The van der Waals surface area contributed by atoms with E-state index in [-0.39, 0.29) is 12.1 Å². The fourth-order valence-corrected chi connectivity index (χ4v) is 3.76. The molecule has 1 fully saturated rings. The van der Waals surface area contributed by atoms with Gasteiger partial charge in [0.05, 0.1) is 18.8 Å². The number of hydrogen-bond donors (Lipinski definition) is 1. The number of para-hydroxylation sites is 2. The molecule has 1 heterocycles. The molecule has 146 valence electrons. The van der Waals surface area contributed by atoms with Crippen LogP contribution in [0.2, 0.25) is 0 Å². The van der Waals surface area contributed by atoms with Crippen molar-refractivity contribution in [3.05, 3.63) is 48.6 Å². The Kier molecular flexibility index (Phi) is 6.76. The fourth-order valence-electron chi connectivity index (χ4n) is 3.76. The van der Waals surface area contributed by atoms with Crippen LogP contribution in [0.25, 0.3) is 0 Å². The lowest BCUT2D eigenvalue weighted by atomic mass is 10.2. The molecule has 3 rings (SSSR count). The van der Waals surface area contributed by atoms with Crippen molar-refractivity contribution >= 4 is 11.7 Å². The highest BCUT2D eigenvalue weighted by Gasteiger charge is 2.20. The van der Waals surface area contributed by atoms with Crippen molar-refractivity contribution < 1.29 is 9.53 Å². The van der Waals surface area contributed by atoms with Crippen LogP contribution in [-0.4, -0.2) is 68.3 Å². The summed E-state index contributed by atoms with van der Waals surface area (Å²) in [4.78, 5) is 18.3. The first-order valence-electron chi connectivity index (χ1n) is 9.70. The van der Waals surface area contributed by atoms with Gasteiger partial charge in [-0.3, -0.25) is 4.90 Å². The summed E-state index contributed by atoms with van der Waals surface area (Å²) in [5.74, 6) is 0.938. The second kappa shape index (κ2) is 9.46. The minimum atomic E-state index is -0.346. The third-order valence-corrected chi connectivity index (χ3v) is 5.29. The number of amides is 2. The highest BCUT2D eigenvalue weighted by Crippen LogP contribution is 2.28.